The highest BCUT2D eigenvalue weighted by Gasteiger charge is 2.35. The van der Waals surface area contributed by atoms with Gasteiger partial charge in [-0.15, -0.1) is 0 Å². The second-order valence-electron chi connectivity index (χ2n) is 7.17. The zero-order chi connectivity index (χ0) is 23.1. The molecule has 2 aromatic carbocycles. The zero-order valence-electron chi connectivity index (χ0n) is 17.9. The highest BCUT2D eigenvalue weighted by atomic mass is 16.5. The number of tetrazole rings is 1. The first kappa shape index (κ1) is 20.3. The van der Waals surface area contributed by atoms with Gasteiger partial charge in [-0.3, -0.25) is 4.79 Å². The lowest BCUT2D eigenvalue weighted by molar-refractivity contribution is 0.355. The smallest absolute Gasteiger partial charge is 0.288 e. The Morgan fingerprint density at radius 3 is 2.55 bits per heavy atom. The highest BCUT2D eigenvalue weighted by molar-refractivity contribution is 5.76. The monoisotopic (exact) mass is 449 g/mol. The minimum atomic E-state index is -0.640. The van der Waals surface area contributed by atoms with Crippen molar-refractivity contribution in [1.82, 2.24) is 30.4 Å². The Kier molecular flexibility index (Phi) is 4.81. The van der Waals surface area contributed by atoms with E-state index < -0.39 is 11.6 Å². The van der Waals surface area contributed by atoms with Crippen molar-refractivity contribution in [3.63, 3.8) is 0 Å². The summed E-state index contributed by atoms with van der Waals surface area (Å²) in [4.78, 5) is 12.8. The number of methoxy groups -OCH3 is 3. The second kappa shape index (κ2) is 7.82. The first-order chi connectivity index (χ1) is 16.0. The predicted molar refractivity (Wildman–Crippen MR) is 116 cm³/mol. The van der Waals surface area contributed by atoms with Crippen molar-refractivity contribution < 1.29 is 19.3 Å². The van der Waals surface area contributed by atoms with Gasteiger partial charge in [0.05, 0.1) is 27.0 Å². The van der Waals surface area contributed by atoms with Gasteiger partial charge in [0.15, 0.2) is 23.0 Å². The topological polar surface area (TPSA) is 149 Å². The highest BCUT2D eigenvalue weighted by Crippen LogP contribution is 2.43. The van der Waals surface area contributed by atoms with E-state index in [1.165, 1.54) is 20.3 Å². The Morgan fingerprint density at radius 1 is 1.00 bits per heavy atom. The van der Waals surface area contributed by atoms with E-state index in [9.17, 15) is 9.90 Å². The number of hydrogen-bond donors (Lipinski definition) is 3. The number of nitrogens with one attached hydrogen (secondary N) is 2. The largest absolute Gasteiger partial charge is 0.504 e. The van der Waals surface area contributed by atoms with Crippen LogP contribution >= 0.6 is 0 Å². The quantitative estimate of drug-likeness (QED) is 0.363. The Labute approximate surface area is 186 Å². The third-order valence-corrected chi connectivity index (χ3v) is 5.44. The molecule has 1 aliphatic rings. The number of phenols is 1. The number of ether oxygens (including phenoxy) is 3. The van der Waals surface area contributed by atoms with Crippen molar-refractivity contribution in [2.75, 3.05) is 26.6 Å². The van der Waals surface area contributed by atoms with Crippen molar-refractivity contribution >= 4 is 11.6 Å². The van der Waals surface area contributed by atoms with Crippen molar-refractivity contribution in [3.05, 3.63) is 57.9 Å². The molecule has 12 nitrogen and oxygen atoms in total. The van der Waals surface area contributed by atoms with Gasteiger partial charge >= 0.3 is 0 Å². The van der Waals surface area contributed by atoms with Gasteiger partial charge in [-0.1, -0.05) is 11.2 Å². The summed E-state index contributed by atoms with van der Waals surface area (Å²) in [5.41, 5.74) is 2.20. The van der Waals surface area contributed by atoms with Crippen molar-refractivity contribution in [1.29, 1.82) is 0 Å². The number of hydrogen-bond acceptors (Lipinski definition) is 10. The number of phenolic OH excluding ortho intramolecular Hbond substituents is 1. The zero-order valence-corrected chi connectivity index (χ0v) is 17.9. The SMILES string of the molecule is COc1cc([C@@H]2c3c(-c4ccc(OC)c(OC)c4)n[nH]c(=O)c3Nc3nnnn32)ccc1O. The molecule has 0 spiro atoms. The van der Waals surface area contributed by atoms with E-state index in [2.05, 4.69) is 31.0 Å². The van der Waals surface area contributed by atoms with Gasteiger partial charge < -0.3 is 24.6 Å². The fraction of sp³-hybridized carbons (Fsp3) is 0.190. The molecular weight excluding hydrogens is 430 g/mol. The van der Waals surface area contributed by atoms with Crippen LogP contribution in [-0.2, 0) is 0 Å². The van der Waals surface area contributed by atoms with Crippen LogP contribution in [0.1, 0.15) is 17.2 Å². The molecule has 3 N–H and O–H groups in total. The first-order valence-corrected chi connectivity index (χ1v) is 9.82. The molecule has 0 fully saturated rings. The Balaban J connectivity index is 1.79. The van der Waals surface area contributed by atoms with Gasteiger partial charge in [-0.25, -0.2) is 5.10 Å². The molecule has 5 rings (SSSR count). The molecule has 0 amide bonds. The summed E-state index contributed by atoms with van der Waals surface area (Å²) in [6.07, 6.45) is 0. The maximum absolute atomic E-state index is 12.8. The normalized spacial score (nSPS) is 14.1. The summed E-state index contributed by atoms with van der Waals surface area (Å²) < 4.78 is 17.6. The summed E-state index contributed by atoms with van der Waals surface area (Å²) in [7, 11) is 4.55. The van der Waals surface area contributed by atoms with Crippen molar-refractivity contribution in [2.24, 2.45) is 0 Å². The number of aromatic nitrogens is 6. The van der Waals surface area contributed by atoms with Crippen LogP contribution in [0.25, 0.3) is 11.3 Å². The van der Waals surface area contributed by atoms with Crippen LogP contribution < -0.4 is 25.1 Å². The van der Waals surface area contributed by atoms with E-state index in [1.54, 1.807) is 36.1 Å². The lowest BCUT2D eigenvalue weighted by Gasteiger charge is -2.28. The molecule has 0 aliphatic carbocycles. The molecule has 1 aliphatic heterocycles. The molecule has 4 aromatic rings. The summed E-state index contributed by atoms with van der Waals surface area (Å²) in [5, 5.41) is 31.8. The van der Waals surface area contributed by atoms with Crippen LogP contribution in [0.2, 0.25) is 0 Å². The molecular formula is C21H19N7O5. The number of anilines is 2. The lowest BCUT2D eigenvalue weighted by atomic mass is 9.92. The second-order valence-corrected chi connectivity index (χ2v) is 7.17. The Hall–Kier alpha value is -4.61. The van der Waals surface area contributed by atoms with Gasteiger partial charge in [0.25, 0.3) is 5.56 Å². The number of benzene rings is 2. The van der Waals surface area contributed by atoms with E-state index >= 15 is 0 Å². The molecule has 0 saturated carbocycles. The minimum absolute atomic E-state index is 0.0171. The van der Waals surface area contributed by atoms with E-state index in [1.807, 2.05) is 6.07 Å². The van der Waals surface area contributed by atoms with Crippen LogP contribution in [-0.4, -0.2) is 56.8 Å². The molecule has 0 unspecified atom stereocenters. The molecule has 0 bridgehead atoms. The molecule has 168 valence electrons. The van der Waals surface area contributed by atoms with Gasteiger partial charge in [-0.2, -0.15) is 9.78 Å². The maximum atomic E-state index is 12.8. The van der Waals surface area contributed by atoms with Crippen LogP contribution in [0.4, 0.5) is 11.6 Å². The fourth-order valence-electron chi connectivity index (χ4n) is 3.91. The molecule has 0 radical (unpaired) electrons. The fourth-order valence-corrected chi connectivity index (χ4v) is 3.91. The number of nitrogens with zero attached hydrogens (tertiary/aromatic N) is 5. The first-order valence-electron chi connectivity index (χ1n) is 9.82. The average Bonchev–Trinajstić information content (AvgIpc) is 3.31. The summed E-state index contributed by atoms with van der Waals surface area (Å²) >= 11 is 0. The third-order valence-electron chi connectivity index (χ3n) is 5.44. The summed E-state index contributed by atoms with van der Waals surface area (Å²) in [5.74, 6) is 1.60. The molecule has 12 heteroatoms. The molecule has 2 aromatic heterocycles. The Bertz CT molecular complexity index is 1410. The van der Waals surface area contributed by atoms with Gasteiger partial charge in [0, 0.05) is 11.1 Å². The van der Waals surface area contributed by atoms with E-state index in [-0.39, 0.29) is 23.1 Å². The van der Waals surface area contributed by atoms with Crippen LogP contribution in [0, 0.1) is 0 Å². The van der Waals surface area contributed by atoms with Gasteiger partial charge in [0.2, 0.25) is 5.95 Å². The van der Waals surface area contributed by atoms with E-state index in [4.69, 9.17) is 14.2 Å². The number of aromatic hydroxyl groups is 1. The van der Waals surface area contributed by atoms with Crippen LogP contribution in [0.3, 0.4) is 0 Å². The third kappa shape index (κ3) is 3.19. The molecule has 1 atom stereocenters. The van der Waals surface area contributed by atoms with Crippen molar-refractivity contribution in [2.45, 2.75) is 6.04 Å². The minimum Gasteiger partial charge on any atom is -0.504 e. The molecule has 3 heterocycles. The van der Waals surface area contributed by atoms with E-state index in [0.29, 0.717) is 33.9 Å². The average molecular weight is 449 g/mol. The molecule has 33 heavy (non-hydrogen) atoms. The van der Waals surface area contributed by atoms with Crippen molar-refractivity contribution in [3.8, 4) is 34.3 Å². The maximum Gasteiger partial charge on any atom is 0.288 e. The summed E-state index contributed by atoms with van der Waals surface area (Å²) in [6, 6.07) is 9.58. The molecule has 0 saturated heterocycles. The summed E-state index contributed by atoms with van der Waals surface area (Å²) in [6.45, 7) is 0. The van der Waals surface area contributed by atoms with E-state index in [0.717, 1.165) is 0 Å². The van der Waals surface area contributed by atoms with Crippen LogP contribution in [0.5, 0.6) is 23.0 Å². The predicted octanol–water partition coefficient (Wildman–Crippen LogP) is 1.85. The lowest BCUT2D eigenvalue weighted by Crippen LogP contribution is -2.29. The number of fused-ring (bicyclic) bond motifs is 2. The number of rotatable bonds is 5. The Morgan fingerprint density at radius 2 is 1.79 bits per heavy atom. The number of aromatic amines is 1. The standard InChI is InChI=1S/C21H19N7O5/c1-31-13-7-5-10(8-15(13)33-3)17-16-18(20(30)24-23-17)22-21-25-26-27-28(21)19(16)11-4-6-12(29)14(9-11)32-2/h4-9,19,29H,1-3H3,(H,24,30)(H,22,25,27)/t19-/m1/s1. The van der Waals surface area contributed by atoms with Gasteiger partial charge in [-0.05, 0) is 46.3 Å². The van der Waals surface area contributed by atoms with Crippen LogP contribution in [0.15, 0.2) is 41.2 Å². The van der Waals surface area contributed by atoms with Gasteiger partial charge in [0.1, 0.15) is 11.7 Å². The number of H-pyrrole nitrogens is 1.